The molecular formula is C25H28N8O3S. The van der Waals surface area contributed by atoms with Gasteiger partial charge in [0, 0.05) is 50.0 Å². The highest BCUT2D eigenvalue weighted by atomic mass is 32.1. The van der Waals surface area contributed by atoms with Crippen LogP contribution < -0.4 is 16.0 Å². The number of carbonyl (C=O) groups is 2. The zero-order chi connectivity index (χ0) is 25.9. The van der Waals surface area contributed by atoms with Crippen molar-refractivity contribution in [2.45, 2.75) is 45.7 Å². The molecule has 1 saturated heterocycles. The van der Waals surface area contributed by atoms with Crippen LogP contribution in [0.2, 0.25) is 0 Å². The highest BCUT2D eigenvalue weighted by Gasteiger charge is 2.28. The Labute approximate surface area is 217 Å². The first-order valence-electron chi connectivity index (χ1n) is 12.1. The Hall–Kier alpha value is -4.06. The van der Waals surface area contributed by atoms with Gasteiger partial charge < -0.3 is 25.3 Å². The Balaban J connectivity index is 1.33. The second kappa shape index (κ2) is 10.5. The molecule has 1 aliphatic rings. The third kappa shape index (κ3) is 5.69. The summed E-state index contributed by atoms with van der Waals surface area (Å²) in [7, 11) is 0. The van der Waals surface area contributed by atoms with Gasteiger partial charge in [-0.15, -0.1) is 21.5 Å². The number of hydrogen-bond donors (Lipinski definition) is 3. The van der Waals surface area contributed by atoms with Gasteiger partial charge in [0.05, 0.1) is 27.0 Å². The first-order valence-corrected chi connectivity index (χ1v) is 13.0. The van der Waals surface area contributed by atoms with Crippen molar-refractivity contribution in [3.05, 3.63) is 41.9 Å². The van der Waals surface area contributed by atoms with Crippen LogP contribution in [0.1, 0.15) is 44.3 Å². The lowest BCUT2D eigenvalue weighted by molar-refractivity contribution is -0.119. The van der Waals surface area contributed by atoms with Crippen LogP contribution in [0.5, 0.6) is 0 Å². The van der Waals surface area contributed by atoms with E-state index in [9.17, 15) is 9.59 Å². The van der Waals surface area contributed by atoms with E-state index in [4.69, 9.17) is 4.42 Å². The van der Waals surface area contributed by atoms with E-state index >= 15 is 0 Å². The summed E-state index contributed by atoms with van der Waals surface area (Å²) in [4.78, 5) is 34.8. The Bertz CT molecular complexity index is 1420. The van der Waals surface area contributed by atoms with Crippen molar-refractivity contribution >= 4 is 50.6 Å². The minimum absolute atomic E-state index is 0.0622. The number of rotatable bonds is 7. The van der Waals surface area contributed by atoms with Crippen LogP contribution in [0.25, 0.3) is 21.7 Å². The molecule has 4 heterocycles. The first kappa shape index (κ1) is 24.6. The maximum Gasteiger partial charge on any atom is 0.311 e. The summed E-state index contributed by atoms with van der Waals surface area (Å²) in [6.45, 7) is 6.58. The number of piperidine rings is 1. The molecule has 1 aliphatic heterocycles. The van der Waals surface area contributed by atoms with Crippen LogP contribution in [0.3, 0.4) is 0 Å². The highest BCUT2D eigenvalue weighted by molar-refractivity contribution is 7.16. The molecule has 0 radical (unpaired) electrons. The van der Waals surface area contributed by atoms with E-state index in [1.54, 1.807) is 22.4 Å². The summed E-state index contributed by atoms with van der Waals surface area (Å²) in [5, 5.41) is 17.8. The van der Waals surface area contributed by atoms with Gasteiger partial charge in [0.2, 0.25) is 5.91 Å². The standard InChI is InChI=1S/C25H28N8O3S/c1-14(2)28-20-11-22(30-17-4-5-19-21(10-17)37-13-27-19)26-12-18(20)23-31-32-24(36-23)25(35)33-8-6-16(7-9-33)29-15(3)34/h4-5,10-14,16H,6-9H2,1-3H3,(H,29,34)(H2,26,28,30). The molecule has 1 aromatic carbocycles. The average molecular weight is 521 g/mol. The fourth-order valence-electron chi connectivity index (χ4n) is 4.27. The van der Waals surface area contributed by atoms with Crippen molar-refractivity contribution < 1.29 is 14.0 Å². The highest BCUT2D eigenvalue weighted by Crippen LogP contribution is 2.31. The van der Waals surface area contributed by atoms with Crippen molar-refractivity contribution in [1.29, 1.82) is 0 Å². The predicted molar refractivity (Wildman–Crippen MR) is 142 cm³/mol. The van der Waals surface area contributed by atoms with Crippen LogP contribution in [-0.2, 0) is 4.79 Å². The Morgan fingerprint density at radius 1 is 1.14 bits per heavy atom. The van der Waals surface area contributed by atoms with Gasteiger partial charge in [0.15, 0.2) is 0 Å². The smallest absolute Gasteiger partial charge is 0.311 e. The number of fused-ring (bicyclic) bond motifs is 1. The number of pyridine rings is 1. The predicted octanol–water partition coefficient (Wildman–Crippen LogP) is 4.05. The molecule has 12 heteroatoms. The minimum Gasteiger partial charge on any atom is -0.412 e. The molecule has 0 saturated carbocycles. The van der Waals surface area contributed by atoms with Crippen molar-refractivity contribution in [2.24, 2.45) is 0 Å². The largest absolute Gasteiger partial charge is 0.412 e. The molecule has 192 valence electrons. The van der Waals surface area contributed by atoms with E-state index < -0.39 is 0 Å². The third-order valence-electron chi connectivity index (χ3n) is 5.98. The molecule has 0 atom stereocenters. The summed E-state index contributed by atoms with van der Waals surface area (Å²) >= 11 is 1.58. The SMILES string of the molecule is CC(=O)NC1CCN(C(=O)c2nnc(-c3cnc(Nc4ccc5ncsc5c4)cc3NC(C)C)o2)CC1. The van der Waals surface area contributed by atoms with E-state index in [0.29, 0.717) is 37.3 Å². The topological polar surface area (TPSA) is 138 Å². The van der Waals surface area contributed by atoms with Crippen LogP contribution in [0, 0.1) is 0 Å². The fraction of sp³-hybridized carbons (Fsp3) is 0.360. The van der Waals surface area contributed by atoms with Gasteiger partial charge >= 0.3 is 11.8 Å². The van der Waals surface area contributed by atoms with Crippen molar-refractivity contribution in [3.63, 3.8) is 0 Å². The molecule has 0 unspecified atom stereocenters. The first-order chi connectivity index (χ1) is 17.9. The van der Waals surface area contributed by atoms with E-state index in [1.807, 2.05) is 43.6 Å². The van der Waals surface area contributed by atoms with Crippen LogP contribution in [0.15, 0.2) is 40.4 Å². The number of hydrogen-bond acceptors (Lipinski definition) is 10. The van der Waals surface area contributed by atoms with E-state index in [-0.39, 0.29) is 35.7 Å². The van der Waals surface area contributed by atoms with Gasteiger partial charge in [-0.05, 0) is 44.9 Å². The molecule has 4 aromatic rings. The molecule has 0 spiro atoms. The van der Waals surface area contributed by atoms with Gasteiger partial charge in [0.25, 0.3) is 5.89 Å². The summed E-state index contributed by atoms with van der Waals surface area (Å²) in [6, 6.07) is 8.05. The normalized spacial score (nSPS) is 14.2. The zero-order valence-electron chi connectivity index (χ0n) is 20.8. The quantitative estimate of drug-likeness (QED) is 0.329. The maximum atomic E-state index is 13.0. The number of nitrogens with one attached hydrogen (secondary N) is 3. The van der Waals surface area contributed by atoms with Gasteiger partial charge in [0.1, 0.15) is 5.82 Å². The van der Waals surface area contributed by atoms with Crippen molar-refractivity contribution in [3.8, 4) is 11.5 Å². The summed E-state index contributed by atoms with van der Waals surface area (Å²) in [5.41, 5.74) is 5.04. The number of likely N-dealkylation sites (tertiary alicyclic amines) is 1. The number of anilines is 3. The summed E-state index contributed by atoms with van der Waals surface area (Å²) < 4.78 is 6.89. The van der Waals surface area contributed by atoms with Crippen LogP contribution in [0.4, 0.5) is 17.2 Å². The molecule has 2 amide bonds. The van der Waals surface area contributed by atoms with Crippen LogP contribution in [-0.4, -0.2) is 62.1 Å². The summed E-state index contributed by atoms with van der Waals surface area (Å²) in [6.07, 6.45) is 3.02. The van der Waals surface area contributed by atoms with Crippen LogP contribution >= 0.6 is 11.3 Å². The molecule has 5 rings (SSSR count). The van der Waals surface area contributed by atoms with Crippen molar-refractivity contribution in [2.75, 3.05) is 23.7 Å². The van der Waals surface area contributed by atoms with E-state index in [2.05, 4.69) is 36.1 Å². The van der Waals surface area contributed by atoms with E-state index in [1.165, 1.54) is 6.92 Å². The fourth-order valence-corrected chi connectivity index (χ4v) is 4.99. The van der Waals surface area contributed by atoms with Gasteiger partial charge in [-0.2, -0.15) is 0 Å². The number of thiazole rings is 1. The Morgan fingerprint density at radius 2 is 1.95 bits per heavy atom. The second-order valence-corrected chi connectivity index (χ2v) is 10.1. The van der Waals surface area contributed by atoms with Gasteiger partial charge in [-0.25, -0.2) is 9.97 Å². The molecular weight excluding hydrogens is 492 g/mol. The second-order valence-electron chi connectivity index (χ2n) is 9.25. The lowest BCUT2D eigenvalue weighted by atomic mass is 10.1. The number of benzene rings is 1. The number of amides is 2. The Kier molecular flexibility index (Phi) is 6.99. The Morgan fingerprint density at radius 3 is 2.70 bits per heavy atom. The lowest BCUT2D eigenvalue weighted by Crippen LogP contribution is -2.46. The zero-order valence-corrected chi connectivity index (χ0v) is 21.6. The molecule has 3 N–H and O–H groups in total. The minimum atomic E-state index is -0.317. The molecule has 11 nitrogen and oxygen atoms in total. The number of carbonyl (C=O) groups excluding carboxylic acids is 2. The average Bonchev–Trinajstić information content (AvgIpc) is 3.53. The maximum absolute atomic E-state index is 13.0. The van der Waals surface area contributed by atoms with Crippen molar-refractivity contribution in [1.82, 2.24) is 30.4 Å². The van der Waals surface area contributed by atoms with Gasteiger partial charge in [-0.1, -0.05) is 0 Å². The molecule has 1 fully saturated rings. The molecule has 3 aromatic heterocycles. The van der Waals surface area contributed by atoms with E-state index in [0.717, 1.165) is 21.6 Å². The number of aromatic nitrogens is 4. The monoisotopic (exact) mass is 520 g/mol. The molecule has 0 aliphatic carbocycles. The molecule has 0 bridgehead atoms. The summed E-state index contributed by atoms with van der Waals surface area (Å²) in [5.74, 6) is 0.415. The third-order valence-corrected chi connectivity index (χ3v) is 6.77. The molecule has 37 heavy (non-hydrogen) atoms. The number of nitrogens with zero attached hydrogens (tertiary/aromatic N) is 5. The lowest BCUT2D eigenvalue weighted by Gasteiger charge is -2.31. The van der Waals surface area contributed by atoms with Gasteiger partial charge in [-0.3, -0.25) is 9.59 Å².